The minimum absolute atomic E-state index is 0.105. The summed E-state index contributed by atoms with van der Waals surface area (Å²) in [5, 5.41) is 0. The lowest BCUT2D eigenvalue weighted by Gasteiger charge is -2.23. The van der Waals surface area contributed by atoms with E-state index in [2.05, 4.69) is 0 Å². The van der Waals surface area contributed by atoms with Gasteiger partial charge in [-0.3, -0.25) is 0 Å². The maximum atomic E-state index is 12.7. The maximum Gasteiger partial charge on any atom is 0.243 e. The Bertz CT molecular complexity index is 571. The topological polar surface area (TPSA) is 55.8 Å². The molecular weight excluding hydrogens is 278 g/mol. The molecule has 0 amide bonds. The normalized spacial score (nSPS) is 20.1. The molecule has 1 saturated heterocycles. The lowest BCUT2D eigenvalue weighted by Crippen LogP contribution is -2.35. The number of nitrogens with zero attached hydrogens (tertiary/aromatic N) is 1. The molecular formula is C14H21NO4S. The van der Waals surface area contributed by atoms with E-state index in [0.29, 0.717) is 18.0 Å². The molecule has 1 aliphatic heterocycles. The van der Waals surface area contributed by atoms with Crippen LogP contribution in [0.5, 0.6) is 11.5 Å². The van der Waals surface area contributed by atoms with Crippen molar-refractivity contribution in [2.45, 2.75) is 37.1 Å². The summed E-state index contributed by atoms with van der Waals surface area (Å²) in [4.78, 5) is 0.260. The fourth-order valence-electron chi connectivity index (χ4n) is 2.65. The van der Waals surface area contributed by atoms with Gasteiger partial charge in [0.05, 0.1) is 19.1 Å². The molecule has 1 aromatic rings. The number of rotatable bonds is 5. The van der Waals surface area contributed by atoms with Crippen molar-refractivity contribution in [2.75, 3.05) is 20.8 Å². The summed E-state index contributed by atoms with van der Waals surface area (Å²) in [7, 11) is -0.433. The lowest BCUT2D eigenvalue weighted by atomic mass is 10.2. The zero-order chi connectivity index (χ0) is 14.8. The molecule has 0 saturated carbocycles. The van der Waals surface area contributed by atoms with Crippen LogP contribution in [0.2, 0.25) is 0 Å². The Morgan fingerprint density at radius 2 is 1.95 bits per heavy atom. The Morgan fingerprint density at radius 3 is 2.55 bits per heavy atom. The molecule has 0 N–H and O–H groups in total. The number of ether oxygens (including phenoxy) is 2. The monoisotopic (exact) mass is 299 g/mol. The van der Waals surface area contributed by atoms with Gasteiger partial charge in [-0.1, -0.05) is 6.92 Å². The Labute approximate surface area is 120 Å². The first-order chi connectivity index (χ1) is 9.54. The Hall–Kier alpha value is -1.27. The highest BCUT2D eigenvalue weighted by Gasteiger charge is 2.34. The molecule has 0 bridgehead atoms. The predicted octanol–water partition coefficient (Wildman–Crippen LogP) is 2.27. The molecule has 0 aromatic heterocycles. The molecule has 2 rings (SSSR count). The summed E-state index contributed by atoms with van der Waals surface area (Å²) in [5.41, 5.74) is 0. The van der Waals surface area contributed by atoms with E-state index >= 15 is 0 Å². The largest absolute Gasteiger partial charge is 0.493 e. The lowest BCUT2D eigenvalue weighted by molar-refractivity contribution is 0.352. The van der Waals surface area contributed by atoms with Gasteiger partial charge in [0.2, 0.25) is 10.0 Å². The van der Waals surface area contributed by atoms with E-state index in [9.17, 15) is 8.42 Å². The molecule has 20 heavy (non-hydrogen) atoms. The first kappa shape index (κ1) is 15.1. The summed E-state index contributed by atoms with van der Waals surface area (Å²) in [6, 6.07) is 4.83. The summed E-state index contributed by atoms with van der Waals surface area (Å²) in [6.45, 7) is 2.61. The molecule has 1 atom stereocenters. The van der Waals surface area contributed by atoms with Gasteiger partial charge in [-0.15, -0.1) is 0 Å². The molecule has 1 heterocycles. The average Bonchev–Trinajstić information content (AvgIpc) is 2.95. The number of methoxy groups -OCH3 is 2. The molecule has 1 fully saturated rings. The summed E-state index contributed by atoms with van der Waals surface area (Å²) in [5.74, 6) is 0.959. The third kappa shape index (κ3) is 2.62. The van der Waals surface area contributed by atoms with E-state index in [1.807, 2.05) is 6.92 Å². The first-order valence-corrected chi connectivity index (χ1v) is 8.22. The van der Waals surface area contributed by atoms with Crippen LogP contribution in [0.1, 0.15) is 26.2 Å². The molecule has 0 radical (unpaired) electrons. The highest BCUT2D eigenvalue weighted by Crippen LogP contribution is 2.33. The summed E-state index contributed by atoms with van der Waals surface area (Å²) in [6.07, 6.45) is 2.70. The van der Waals surface area contributed by atoms with E-state index in [1.165, 1.54) is 20.3 Å². The maximum absolute atomic E-state index is 12.7. The molecule has 0 spiro atoms. The van der Waals surface area contributed by atoms with E-state index in [-0.39, 0.29) is 10.9 Å². The van der Waals surface area contributed by atoms with Crippen molar-refractivity contribution in [1.82, 2.24) is 4.31 Å². The van der Waals surface area contributed by atoms with Crippen LogP contribution in [0, 0.1) is 0 Å². The van der Waals surface area contributed by atoms with Crippen molar-refractivity contribution in [3.63, 3.8) is 0 Å². The standard InChI is InChI=1S/C14H21NO4S/c1-4-11-6-5-9-15(11)20(16,17)12-7-8-13(18-2)14(10-12)19-3/h7-8,10-11H,4-6,9H2,1-3H3. The second-order valence-corrected chi connectivity index (χ2v) is 6.73. The van der Waals surface area contributed by atoms with E-state index in [1.54, 1.807) is 16.4 Å². The Kier molecular flexibility index (Phi) is 4.55. The molecule has 1 unspecified atom stereocenters. The second-order valence-electron chi connectivity index (χ2n) is 4.84. The predicted molar refractivity (Wildman–Crippen MR) is 76.8 cm³/mol. The van der Waals surface area contributed by atoms with E-state index < -0.39 is 10.0 Å². The molecule has 112 valence electrons. The van der Waals surface area contributed by atoms with Gasteiger partial charge in [0.15, 0.2) is 11.5 Å². The van der Waals surface area contributed by atoms with Crippen LogP contribution >= 0.6 is 0 Å². The number of sulfonamides is 1. The summed E-state index contributed by atoms with van der Waals surface area (Å²) < 4.78 is 37.3. The Balaban J connectivity index is 2.39. The van der Waals surface area contributed by atoms with E-state index in [4.69, 9.17) is 9.47 Å². The molecule has 5 nitrogen and oxygen atoms in total. The van der Waals surface area contributed by atoms with Crippen LogP contribution in [0.3, 0.4) is 0 Å². The van der Waals surface area contributed by atoms with Crippen molar-refractivity contribution in [2.24, 2.45) is 0 Å². The van der Waals surface area contributed by atoms with Gasteiger partial charge < -0.3 is 9.47 Å². The molecule has 0 aliphatic carbocycles. The van der Waals surface area contributed by atoms with Gasteiger partial charge in [-0.2, -0.15) is 4.31 Å². The minimum atomic E-state index is -3.46. The first-order valence-electron chi connectivity index (χ1n) is 6.78. The Morgan fingerprint density at radius 1 is 1.25 bits per heavy atom. The van der Waals surface area contributed by atoms with E-state index in [0.717, 1.165) is 19.3 Å². The van der Waals surface area contributed by atoms with Crippen LogP contribution in [0.4, 0.5) is 0 Å². The molecule has 1 aliphatic rings. The van der Waals surface area contributed by atoms with Gasteiger partial charge in [0, 0.05) is 18.7 Å². The van der Waals surface area contributed by atoms with Gasteiger partial charge in [-0.25, -0.2) is 8.42 Å². The van der Waals surface area contributed by atoms with Crippen molar-refractivity contribution >= 4 is 10.0 Å². The number of benzene rings is 1. The molecule has 6 heteroatoms. The highest BCUT2D eigenvalue weighted by molar-refractivity contribution is 7.89. The number of hydrogen-bond acceptors (Lipinski definition) is 4. The van der Waals surface area contributed by atoms with Crippen LogP contribution in [0.15, 0.2) is 23.1 Å². The third-order valence-corrected chi connectivity index (χ3v) is 5.70. The van der Waals surface area contributed by atoms with Gasteiger partial charge >= 0.3 is 0 Å². The summed E-state index contributed by atoms with van der Waals surface area (Å²) >= 11 is 0. The smallest absolute Gasteiger partial charge is 0.243 e. The van der Waals surface area contributed by atoms with Gasteiger partial charge in [-0.05, 0) is 31.4 Å². The van der Waals surface area contributed by atoms with Crippen LogP contribution in [-0.4, -0.2) is 39.5 Å². The zero-order valence-electron chi connectivity index (χ0n) is 12.1. The quantitative estimate of drug-likeness (QED) is 0.837. The van der Waals surface area contributed by atoms with Crippen molar-refractivity contribution in [3.8, 4) is 11.5 Å². The van der Waals surface area contributed by atoms with Crippen LogP contribution < -0.4 is 9.47 Å². The fraction of sp³-hybridized carbons (Fsp3) is 0.571. The van der Waals surface area contributed by atoms with Crippen LogP contribution in [-0.2, 0) is 10.0 Å². The average molecular weight is 299 g/mol. The SMILES string of the molecule is CCC1CCCN1S(=O)(=O)c1ccc(OC)c(OC)c1. The highest BCUT2D eigenvalue weighted by atomic mass is 32.2. The zero-order valence-corrected chi connectivity index (χ0v) is 12.9. The third-order valence-electron chi connectivity index (χ3n) is 3.76. The van der Waals surface area contributed by atoms with Gasteiger partial charge in [0.1, 0.15) is 0 Å². The second kappa shape index (κ2) is 6.01. The fourth-order valence-corrected chi connectivity index (χ4v) is 4.43. The van der Waals surface area contributed by atoms with Gasteiger partial charge in [0.25, 0.3) is 0 Å². The van der Waals surface area contributed by atoms with Crippen LogP contribution in [0.25, 0.3) is 0 Å². The number of hydrogen-bond donors (Lipinski definition) is 0. The van der Waals surface area contributed by atoms with Crippen molar-refractivity contribution in [3.05, 3.63) is 18.2 Å². The molecule has 1 aromatic carbocycles. The van der Waals surface area contributed by atoms with Crippen molar-refractivity contribution < 1.29 is 17.9 Å². The minimum Gasteiger partial charge on any atom is -0.493 e. The van der Waals surface area contributed by atoms with Crippen molar-refractivity contribution in [1.29, 1.82) is 0 Å².